The van der Waals surface area contributed by atoms with Crippen LogP contribution < -0.4 is 20.1 Å². The maximum Gasteiger partial charge on any atom is 0.469 e. The maximum absolute atomic E-state index is 13.4. The highest BCUT2D eigenvalue weighted by Gasteiger charge is 2.16. The van der Waals surface area contributed by atoms with Crippen molar-refractivity contribution in [1.29, 1.82) is 0 Å². The summed E-state index contributed by atoms with van der Waals surface area (Å²) in [4.78, 5) is 40.9. The monoisotopic (exact) mass is 649 g/mol. The van der Waals surface area contributed by atoms with E-state index in [0.717, 1.165) is 25.1 Å². The third-order valence-corrected chi connectivity index (χ3v) is 6.90. The van der Waals surface area contributed by atoms with Gasteiger partial charge in [0, 0.05) is 48.1 Å². The van der Waals surface area contributed by atoms with Crippen LogP contribution in [0.15, 0.2) is 42.7 Å². The summed E-state index contributed by atoms with van der Waals surface area (Å²) in [5, 5.41) is 13.1. The third kappa shape index (κ3) is 10.4. The van der Waals surface area contributed by atoms with Gasteiger partial charge in [0.25, 0.3) is 0 Å². The smallest absolute Gasteiger partial charge is 0.469 e. The molecule has 0 bridgehead atoms. The Labute approximate surface area is 257 Å². The van der Waals surface area contributed by atoms with Crippen LogP contribution in [0.4, 0.5) is 26.1 Å². The number of hydrogen-bond acceptors (Lipinski definition) is 10. The molecule has 0 saturated heterocycles. The molecule has 0 aliphatic carbocycles. The molecule has 2 aromatic heterocycles. The van der Waals surface area contributed by atoms with E-state index in [9.17, 15) is 18.1 Å². The van der Waals surface area contributed by atoms with Crippen LogP contribution in [0.5, 0.6) is 11.5 Å². The molecule has 2 aromatic carbocycles. The summed E-state index contributed by atoms with van der Waals surface area (Å²) in [6, 6.07) is 7.82. The number of nitrogens with one attached hydrogen (secondary N) is 3. The molecule has 4 rings (SSSR count). The Morgan fingerprint density at radius 1 is 1.02 bits per heavy atom. The van der Waals surface area contributed by atoms with Gasteiger partial charge in [-0.25, -0.2) is 23.3 Å². The molecule has 0 unspecified atom stereocenters. The van der Waals surface area contributed by atoms with Crippen LogP contribution in [0.3, 0.4) is 0 Å². The van der Waals surface area contributed by atoms with E-state index in [2.05, 4.69) is 35.3 Å². The van der Waals surface area contributed by atoms with Crippen LogP contribution in [-0.2, 0) is 20.3 Å². The number of benzene rings is 2. The molecule has 0 fully saturated rings. The Hall–Kier alpha value is -4.21. The van der Waals surface area contributed by atoms with Crippen molar-refractivity contribution in [3.63, 3.8) is 0 Å². The molecule has 1 amide bonds. The zero-order valence-corrected chi connectivity index (χ0v) is 25.5. The summed E-state index contributed by atoms with van der Waals surface area (Å²) < 4.78 is 53.9. The van der Waals surface area contributed by atoms with Crippen LogP contribution in [0.25, 0.3) is 10.9 Å². The van der Waals surface area contributed by atoms with Crippen LogP contribution >= 0.6 is 7.82 Å². The first-order valence-corrected chi connectivity index (χ1v) is 15.5. The van der Waals surface area contributed by atoms with Crippen molar-refractivity contribution in [2.45, 2.75) is 26.2 Å². The number of nitrogens with zero attached hydrogens (tertiary/aromatic N) is 4. The summed E-state index contributed by atoms with van der Waals surface area (Å²) in [6.07, 6.45) is 2.77. The Bertz CT molecular complexity index is 1630. The molecule has 0 saturated carbocycles. The standard InChI is InChI=1S/C28H34F2N7O7P/c1-3-5-37(7-9-44-45(39,40)41)6-4-8-43-25-16-23-22(15-24(25)42-2)28(32-17-31-23)34-26-13-21(35-36-26)14-27(38)33-20-11-18(29)10-19(30)12-20/h10-13,15-17H,3-9,14H2,1-2H3,(H,33,38)(H2,39,40,41)(H2,31,32,34,35,36). The van der Waals surface area contributed by atoms with Crippen molar-refractivity contribution < 1.29 is 41.9 Å². The molecule has 0 spiro atoms. The van der Waals surface area contributed by atoms with E-state index in [1.165, 1.54) is 13.4 Å². The molecule has 0 aliphatic rings. The van der Waals surface area contributed by atoms with Crippen LogP contribution in [0.1, 0.15) is 25.5 Å². The van der Waals surface area contributed by atoms with Crippen LogP contribution in [0, 0.1) is 11.6 Å². The number of amides is 1. The van der Waals surface area contributed by atoms with Crippen molar-refractivity contribution in [3.8, 4) is 11.5 Å². The molecule has 5 N–H and O–H groups in total. The van der Waals surface area contributed by atoms with E-state index in [0.29, 0.717) is 71.9 Å². The highest BCUT2D eigenvalue weighted by Crippen LogP contribution is 2.36. The molecular formula is C28H34F2N7O7P. The highest BCUT2D eigenvalue weighted by molar-refractivity contribution is 7.46. The summed E-state index contributed by atoms with van der Waals surface area (Å²) in [7, 11) is -2.99. The molecule has 0 aliphatic heterocycles. The normalized spacial score (nSPS) is 11.6. The number of rotatable bonds is 17. The summed E-state index contributed by atoms with van der Waals surface area (Å²) in [5.41, 5.74) is 1.03. The van der Waals surface area contributed by atoms with Gasteiger partial charge in [0.2, 0.25) is 5.91 Å². The Balaban J connectivity index is 1.36. The van der Waals surface area contributed by atoms with Crippen molar-refractivity contribution in [2.75, 3.05) is 50.6 Å². The summed E-state index contributed by atoms with van der Waals surface area (Å²) in [5.74, 6) is -0.363. The number of H-pyrrole nitrogens is 1. The van der Waals surface area contributed by atoms with Gasteiger partial charge >= 0.3 is 7.82 Å². The Morgan fingerprint density at radius 2 is 1.80 bits per heavy atom. The van der Waals surface area contributed by atoms with E-state index in [4.69, 9.17) is 19.3 Å². The minimum atomic E-state index is -4.50. The molecule has 14 nitrogen and oxygen atoms in total. The van der Waals surface area contributed by atoms with Gasteiger partial charge in [0.05, 0.1) is 32.3 Å². The number of phosphoric ester groups is 1. The van der Waals surface area contributed by atoms with Gasteiger partial charge in [-0.05, 0) is 37.6 Å². The Morgan fingerprint density at radius 3 is 2.51 bits per heavy atom. The topological polar surface area (TPSA) is 184 Å². The fourth-order valence-electron chi connectivity index (χ4n) is 4.49. The number of phosphoric acid groups is 1. The van der Waals surface area contributed by atoms with E-state index < -0.39 is 25.4 Å². The predicted molar refractivity (Wildman–Crippen MR) is 161 cm³/mol. The lowest BCUT2D eigenvalue weighted by molar-refractivity contribution is -0.115. The van der Waals surface area contributed by atoms with Crippen LogP contribution in [0.2, 0.25) is 0 Å². The van der Waals surface area contributed by atoms with Gasteiger partial charge < -0.3 is 34.8 Å². The average Bonchev–Trinajstić information content (AvgIpc) is 3.40. The SMILES string of the molecule is CCCN(CCCOc1cc2ncnc(Nc3cc(CC(=O)Nc4cc(F)cc(F)c4)[nH]n3)c2cc1OC)CCOP(=O)(O)O. The highest BCUT2D eigenvalue weighted by atomic mass is 31.2. The van der Waals surface area contributed by atoms with E-state index >= 15 is 0 Å². The number of fused-ring (bicyclic) bond motifs is 1. The van der Waals surface area contributed by atoms with E-state index in [1.54, 1.807) is 18.2 Å². The van der Waals surface area contributed by atoms with E-state index in [1.807, 2.05) is 11.8 Å². The van der Waals surface area contributed by atoms with Gasteiger partial charge in [-0.3, -0.25) is 14.4 Å². The molecule has 4 aromatic rings. The van der Waals surface area contributed by atoms with Gasteiger partial charge in [-0.15, -0.1) is 0 Å². The second-order valence-electron chi connectivity index (χ2n) is 9.90. The zero-order valence-electron chi connectivity index (χ0n) is 24.6. The largest absolute Gasteiger partial charge is 0.493 e. The molecule has 2 heterocycles. The van der Waals surface area contributed by atoms with Gasteiger partial charge in [0.15, 0.2) is 17.3 Å². The maximum atomic E-state index is 13.4. The predicted octanol–water partition coefficient (Wildman–Crippen LogP) is 4.15. The fraction of sp³-hybridized carbons (Fsp3) is 0.357. The molecular weight excluding hydrogens is 615 g/mol. The number of halogens is 2. The van der Waals surface area contributed by atoms with Crippen molar-refractivity contribution >= 4 is 42.0 Å². The third-order valence-electron chi connectivity index (χ3n) is 6.38. The number of carbonyl (C=O) groups is 1. The zero-order chi connectivity index (χ0) is 32.4. The lowest BCUT2D eigenvalue weighted by atomic mass is 10.2. The number of aromatic amines is 1. The fourth-order valence-corrected chi connectivity index (χ4v) is 4.81. The lowest BCUT2D eigenvalue weighted by Gasteiger charge is -2.21. The van der Waals surface area contributed by atoms with Crippen molar-refractivity contribution in [1.82, 2.24) is 25.1 Å². The number of aromatic nitrogens is 4. The summed E-state index contributed by atoms with van der Waals surface area (Å²) in [6.45, 7) is 4.07. The minimum Gasteiger partial charge on any atom is -0.493 e. The first-order chi connectivity index (χ1) is 21.5. The lowest BCUT2D eigenvalue weighted by Crippen LogP contribution is -2.30. The molecule has 45 heavy (non-hydrogen) atoms. The number of methoxy groups -OCH3 is 1. The molecule has 0 atom stereocenters. The van der Waals surface area contributed by atoms with Crippen molar-refractivity contribution in [3.05, 3.63) is 60.1 Å². The second kappa shape index (κ2) is 15.7. The second-order valence-corrected chi connectivity index (χ2v) is 11.1. The number of ether oxygens (including phenoxy) is 2. The number of anilines is 3. The average molecular weight is 650 g/mol. The quantitative estimate of drug-likeness (QED) is 0.0815. The number of hydrogen-bond donors (Lipinski definition) is 5. The summed E-state index contributed by atoms with van der Waals surface area (Å²) >= 11 is 0. The number of carbonyl (C=O) groups excluding carboxylic acids is 1. The Kier molecular flexibility index (Phi) is 11.7. The van der Waals surface area contributed by atoms with E-state index in [-0.39, 0.29) is 18.7 Å². The minimum absolute atomic E-state index is 0.00439. The van der Waals surface area contributed by atoms with Gasteiger partial charge in [-0.1, -0.05) is 6.92 Å². The molecule has 17 heteroatoms. The van der Waals surface area contributed by atoms with Crippen LogP contribution in [-0.4, -0.2) is 80.7 Å². The van der Waals surface area contributed by atoms with Crippen molar-refractivity contribution in [2.24, 2.45) is 0 Å². The first kappa shape index (κ1) is 33.7. The first-order valence-electron chi connectivity index (χ1n) is 14.0. The molecule has 242 valence electrons. The van der Waals surface area contributed by atoms with Gasteiger partial charge in [-0.2, -0.15) is 5.10 Å². The van der Waals surface area contributed by atoms with Gasteiger partial charge in [0.1, 0.15) is 23.8 Å². The molecule has 0 radical (unpaired) electrons.